The van der Waals surface area contributed by atoms with Crippen molar-refractivity contribution in [2.45, 2.75) is 6.43 Å². The van der Waals surface area contributed by atoms with Crippen molar-refractivity contribution in [1.82, 2.24) is 0 Å². The molecule has 6 heteroatoms. The first-order valence-electron chi connectivity index (χ1n) is 5.79. The summed E-state index contributed by atoms with van der Waals surface area (Å²) in [6, 6.07) is 9.66. The summed E-state index contributed by atoms with van der Waals surface area (Å²) in [4.78, 5) is 0. The summed E-state index contributed by atoms with van der Waals surface area (Å²) >= 11 is 3.33. The zero-order chi connectivity index (χ0) is 14.7. The number of methoxy groups -OCH3 is 1. The van der Waals surface area contributed by atoms with E-state index in [1.807, 2.05) is 0 Å². The van der Waals surface area contributed by atoms with Crippen LogP contribution in [0.3, 0.4) is 0 Å². The van der Waals surface area contributed by atoms with Gasteiger partial charge >= 0.3 is 0 Å². The largest absolute Gasteiger partial charge is 0.495 e. The van der Waals surface area contributed by atoms with E-state index in [1.165, 1.54) is 19.2 Å². The predicted molar refractivity (Wildman–Crippen MR) is 79.8 cm³/mol. The number of ether oxygens (including phenoxy) is 1. The first kappa shape index (κ1) is 14.6. The van der Waals surface area contributed by atoms with Gasteiger partial charge in [0.25, 0.3) is 6.43 Å². The van der Waals surface area contributed by atoms with E-state index in [0.29, 0.717) is 22.8 Å². The first-order valence-corrected chi connectivity index (χ1v) is 6.58. The highest BCUT2D eigenvalue weighted by atomic mass is 79.9. The van der Waals surface area contributed by atoms with Gasteiger partial charge < -0.3 is 15.8 Å². The number of hydrogen-bond donors (Lipinski definition) is 2. The average molecular weight is 343 g/mol. The summed E-state index contributed by atoms with van der Waals surface area (Å²) in [5, 5.41) is 2.95. The van der Waals surface area contributed by atoms with Crippen LogP contribution in [0.2, 0.25) is 0 Å². The van der Waals surface area contributed by atoms with E-state index >= 15 is 0 Å². The van der Waals surface area contributed by atoms with Crippen molar-refractivity contribution >= 4 is 33.0 Å². The minimum absolute atomic E-state index is 0.146. The van der Waals surface area contributed by atoms with Crippen molar-refractivity contribution < 1.29 is 13.5 Å². The molecule has 20 heavy (non-hydrogen) atoms. The highest BCUT2D eigenvalue weighted by Gasteiger charge is 2.15. The van der Waals surface area contributed by atoms with Gasteiger partial charge in [0.2, 0.25) is 0 Å². The molecule has 0 spiro atoms. The van der Waals surface area contributed by atoms with E-state index in [2.05, 4.69) is 21.2 Å². The summed E-state index contributed by atoms with van der Waals surface area (Å²) in [5.74, 6) is 0.560. The molecule has 0 aromatic heterocycles. The topological polar surface area (TPSA) is 47.3 Å². The molecule has 0 aliphatic heterocycles. The Morgan fingerprint density at radius 3 is 2.55 bits per heavy atom. The Morgan fingerprint density at radius 2 is 1.90 bits per heavy atom. The van der Waals surface area contributed by atoms with Gasteiger partial charge in [-0.05, 0) is 36.4 Å². The Hall–Kier alpha value is -1.82. The van der Waals surface area contributed by atoms with Gasteiger partial charge in [0.05, 0.1) is 12.8 Å². The lowest BCUT2D eigenvalue weighted by Crippen LogP contribution is -2.00. The number of benzene rings is 2. The lowest BCUT2D eigenvalue weighted by atomic mass is 10.1. The molecule has 0 unspecified atom stereocenters. The molecule has 0 saturated heterocycles. The number of hydrogen-bond acceptors (Lipinski definition) is 3. The Morgan fingerprint density at radius 1 is 1.15 bits per heavy atom. The molecule has 0 bridgehead atoms. The monoisotopic (exact) mass is 342 g/mol. The van der Waals surface area contributed by atoms with E-state index in [9.17, 15) is 8.78 Å². The molecular formula is C14H13BrF2N2O. The van der Waals surface area contributed by atoms with Crippen molar-refractivity contribution in [1.29, 1.82) is 0 Å². The normalized spacial score (nSPS) is 10.7. The molecule has 0 radical (unpaired) electrons. The van der Waals surface area contributed by atoms with Crippen LogP contribution in [0.5, 0.6) is 5.75 Å². The molecule has 106 valence electrons. The summed E-state index contributed by atoms with van der Waals surface area (Å²) in [7, 11) is 1.52. The molecule has 2 rings (SSSR count). The number of nitrogens with one attached hydrogen (secondary N) is 1. The Labute approximate surface area is 123 Å². The van der Waals surface area contributed by atoms with E-state index in [4.69, 9.17) is 10.5 Å². The minimum Gasteiger partial charge on any atom is -0.495 e. The molecule has 0 heterocycles. The maximum atomic E-state index is 13.0. The van der Waals surface area contributed by atoms with E-state index < -0.39 is 6.43 Å². The van der Waals surface area contributed by atoms with E-state index in [0.717, 1.165) is 4.47 Å². The highest BCUT2D eigenvalue weighted by molar-refractivity contribution is 9.10. The van der Waals surface area contributed by atoms with Crippen LogP contribution >= 0.6 is 15.9 Å². The molecule has 2 aromatic carbocycles. The molecule has 3 N–H and O–H groups in total. The fourth-order valence-electron chi connectivity index (χ4n) is 1.80. The molecular weight excluding hydrogens is 330 g/mol. The second-order valence-corrected chi connectivity index (χ2v) is 5.03. The maximum absolute atomic E-state index is 13.0. The summed E-state index contributed by atoms with van der Waals surface area (Å²) in [5.41, 5.74) is 6.59. The number of anilines is 3. The van der Waals surface area contributed by atoms with E-state index in [-0.39, 0.29) is 5.56 Å². The fraction of sp³-hybridized carbons (Fsp3) is 0.143. The number of alkyl halides is 2. The minimum atomic E-state index is -2.61. The third kappa shape index (κ3) is 3.19. The van der Waals surface area contributed by atoms with Gasteiger partial charge in [-0.2, -0.15) is 0 Å². The van der Waals surface area contributed by atoms with Crippen molar-refractivity contribution in [3.63, 3.8) is 0 Å². The number of nitrogens with two attached hydrogens (primary N) is 1. The first-order chi connectivity index (χ1) is 9.51. The third-order valence-electron chi connectivity index (χ3n) is 2.74. The van der Waals surface area contributed by atoms with Crippen molar-refractivity contribution in [2.75, 3.05) is 18.2 Å². The molecule has 0 atom stereocenters. The van der Waals surface area contributed by atoms with Crippen molar-refractivity contribution in [3.8, 4) is 5.75 Å². The summed E-state index contributed by atoms with van der Waals surface area (Å²) in [6.07, 6.45) is -2.61. The molecule has 0 fully saturated rings. The van der Waals surface area contributed by atoms with Crippen LogP contribution in [-0.4, -0.2) is 7.11 Å². The van der Waals surface area contributed by atoms with Gasteiger partial charge in [-0.1, -0.05) is 15.9 Å². The molecule has 0 aliphatic rings. The number of rotatable bonds is 4. The van der Waals surface area contributed by atoms with Gasteiger partial charge in [-0.25, -0.2) is 8.78 Å². The molecule has 3 nitrogen and oxygen atoms in total. The van der Waals surface area contributed by atoms with Crippen LogP contribution in [0.1, 0.15) is 12.0 Å². The van der Waals surface area contributed by atoms with Crippen LogP contribution in [0.4, 0.5) is 25.8 Å². The standard InChI is InChI=1S/C14H13BrF2N2O/c1-20-13-5-2-8(15)6-12(13)19-11-4-3-9(18)7-10(11)14(16)17/h2-7,14,19H,18H2,1H3. The van der Waals surface area contributed by atoms with Crippen LogP contribution in [0, 0.1) is 0 Å². The third-order valence-corrected chi connectivity index (χ3v) is 3.23. The SMILES string of the molecule is COc1ccc(Br)cc1Nc1ccc(N)cc1C(F)F. The van der Waals surface area contributed by atoms with Crippen molar-refractivity contribution in [2.24, 2.45) is 0 Å². The second-order valence-electron chi connectivity index (χ2n) is 4.12. The van der Waals surface area contributed by atoms with Gasteiger partial charge in [-0.3, -0.25) is 0 Å². The van der Waals surface area contributed by atoms with Crippen LogP contribution in [-0.2, 0) is 0 Å². The van der Waals surface area contributed by atoms with Gasteiger partial charge in [0.1, 0.15) is 5.75 Å². The summed E-state index contributed by atoms with van der Waals surface area (Å²) < 4.78 is 32.1. The number of halogens is 3. The maximum Gasteiger partial charge on any atom is 0.265 e. The van der Waals surface area contributed by atoms with Gasteiger partial charge in [-0.15, -0.1) is 0 Å². The second kappa shape index (κ2) is 6.09. The Bertz CT molecular complexity index is 620. The Kier molecular flexibility index (Phi) is 4.44. The van der Waals surface area contributed by atoms with Crippen LogP contribution in [0.25, 0.3) is 0 Å². The fourth-order valence-corrected chi connectivity index (χ4v) is 2.16. The lowest BCUT2D eigenvalue weighted by Gasteiger charge is -2.15. The van der Waals surface area contributed by atoms with Gasteiger partial charge in [0.15, 0.2) is 0 Å². The quantitative estimate of drug-likeness (QED) is 0.790. The smallest absolute Gasteiger partial charge is 0.265 e. The zero-order valence-corrected chi connectivity index (χ0v) is 12.2. The van der Waals surface area contributed by atoms with Crippen LogP contribution in [0.15, 0.2) is 40.9 Å². The highest BCUT2D eigenvalue weighted by Crippen LogP contribution is 2.35. The molecule has 0 aliphatic carbocycles. The molecule has 0 amide bonds. The van der Waals surface area contributed by atoms with E-state index in [1.54, 1.807) is 24.3 Å². The lowest BCUT2D eigenvalue weighted by molar-refractivity contribution is 0.152. The van der Waals surface area contributed by atoms with Crippen molar-refractivity contribution in [3.05, 3.63) is 46.4 Å². The zero-order valence-electron chi connectivity index (χ0n) is 10.7. The Balaban J connectivity index is 2.42. The average Bonchev–Trinajstić information content (AvgIpc) is 2.41. The summed E-state index contributed by atoms with van der Waals surface area (Å²) in [6.45, 7) is 0. The molecule has 2 aromatic rings. The van der Waals surface area contributed by atoms with Crippen LogP contribution < -0.4 is 15.8 Å². The van der Waals surface area contributed by atoms with Gasteiger partial charge in [0, 0.05) is 21.4 Å². The number of nitrogen functional groups attached to an aromatic ring is 1. The predicted octanol–water partition coefficient (Wildman–Crippen LogP) is 4.72. The molecule has 0 saturated carbocycles.